The molecule has 4 aromatic heterocycles. The highest BCUT2D eigenvalue weighted by Crippen LogP contribution is 2.46. The number of H-pyrrole nitrogens is 1. The number of carbonyl (C=O) groups is 1. The van der Waals surface area contributed by atoms with Gasteiger partial charge in [-0.2, -0.15) is 14.7 Å². The van der Waals surface area contributed by atoms with Crippen LogP contribution in [-0.2, 0) is 5.60 Å². The van der Waals surface area contributed by atoms with E-state index < -0.39 is 5.60 Å². The van der Waals surface area contributed by atoms with Crippen molar-refractivity contribution in [2.75, 3.05) is 5.73 Å². The SMILES string of the molecule is Nc1c(Br)c(C2CC3CCC(C2)N3C(=O)c2ncn[nH]2)nc2c(-c3ccc(C4(O)CCC4)nc3)cnn12. The van der Waals surface area contributed by atoms with Crippen molar-refractivity contribution in [2.45, 2.75) is 68.5 Å². The summed E-state index contributed by atoms with van der Waals surface area (Å²) in [6, 6.07) is 4.08. The maximum Gasteiger partial charge on any atom is 0.291 e. The molecular formula is C25H26BrN9O2. The van der Waals surface area contributed by atoms with E-state index in [-0.39, 0.29) is 29.7 Å². The van der Waals surface area contributed by atoms with E-state index in [0.29, 0.717) is 17.2 Å². The van der Waals surface area contributed by atoms with Crippen LogP contribution in [0.5, 0.6) is 0 Å². The van der Waals surface area contributed by atoms with Crippen molar-refractivity contribution in [3.05, 3.63) is 52.5 Å². The normalized spacial score (nSPS) is 24.4. The molecule has 2 aliphatic heterocycles. The van der Waals surface area contributed by atoms with Gasteiger partial charge in [-0.3, -0.25) is 14.9 Å². The molecule has 2 unspecified atom stereocenters. The fourth-order valence-corrected chi connectivity index (χ4v) is 6.83. The van der Waals surface area contributed by atoms with E-state index in [0.717, 1.165) is 66.2 Å². The zero-order chi connectivity index (χ0) is 25.3. The molecule has 3 fully saturated rings. The first-order chi connectivity index (χ1) is 17.9. The molecule has 4 N–H and O–H groups in total. The topological polar surface area (TPSA) is 151 Å². The molecule has 1 aliphatic carbocycles. The zero-order valence-corrected chi connectivity index (χ0v) is 21.6. The predicted octanol–water partition coefficient (Wildman–Crippen LogP) is 3.18. The van der Waals surface area contributed by atoms with Crippen molar-refractivity contribution in [2.24, 2.45) is 0 Å². The van der Waals surface area contributed by atoms with E-state index in [2.05, 4.69) is 41.2 Å². The quantitative estimate of drug-likeness (QED) is 0.342. The third-order valence-electron chi connectivity index (χ3n) is 8.35. The molecule has 1 amide bonds. The summed E-state index contributed by atoms with van der Waals surface area (Å²) in [6.07, 6.45) is 10.9. The van der Waals surface area contributed by atoms with Gasteiger partial charge in [0.15, 0.2) is 5.65 Å². The van der Waals surface area contributed by atoms with E-state index >= 15 is 0 Å². The number of aromatic amines is 1. The smallest absolute Gasteiger partial charge is 0.291 e. The van der Waals surface area contributed by atoms with Gasteiger partial charge in [-0.15, -0.1) is 0 Å². The Balaban J connectivity index is 1.21. The fourth-order valence-electron chi connectivity index (χ4n) is 6.25. The number of anilines is 1. The molecule has 190 valence electrons. The number of piperidine rings is 1. The molecule has 4 aromatic rings. The maximum atomic E-state index is 13.1. The highest BCUT2D eigenvalue weighted by Gasteiger charge is 2.45. The van der Waals surface area contributed by atoms with Crippen LogP contribution in [0.25, 0.3) is 16.8 Å². The maximum absolute atomic E-state index is 13.1. The van der Waals surface area contributed by atoms with Gasteiger partial charge in [-0.25, -0.2) is 9.97 Å². The molecule has 2 bridgehead atoms. The molecule has 11 nitrogen and oxygen atoms in total. The van der Waals surface area contributed by atoms with Crippen LogP contribution in [0.15, 0.2) is 35.3 Å². The molecule has 0 radical (unpaired) electrons. The van der Waals surface area contributed by atoms with Crippen LogP contribution in [0.1, 0.15) is 72.9 Å². The number of nitrogens with zero attached hydrogens (tertiary/aromatic N) is 7. The molecule has 2 atom stereocenters. The number of nitrogens with two attached hydrogens (primary N) is 1. The molecule has 12 heteroatoms. The lowest BCUT2D eigenvalue weighted by molar-refractivity contribution is -0.0426. The number of carbonyl (C=O) groups excluding carboxylic acids is 1. The monoisotopic (exact) mass is 563 g/mol. The Morgan fingerprint density at radius 2 is 1.95 bits per heavy atom. The number of aromatic nitrogens is 7. The van der Waals surface area contributed by atoms with Gasteiger partial charge in [0, 0.05) is 35.3 Å². The van der Waals surface area contributed by atoms with Gasteiger partial charge in [0.2, 0.25) is 5.82 Å². The molecular weight excluding hydrogens is 538 g/mol. The van der Waals surface area contributed by atoms with Crippen LogP contribution in [0.4, 0.5) is 5.82 Å². The average molecular weight is 564 g/mol. The number of aliphatic hydroxyl groups is 1. The van der Waals surface area contributed by atoms with Crippen molar-refractivity contribution in [1.82, 2.24) is 39.7 Å². The molecule has 6 heterocycles. The second-order valence-corrected chi connectivity index (χ2v) is 11.2. The Labute approximate surface area is 220 Å². The Bertz CT molecular complexity index is 1480. The van der Waals surface area contributed by atoms with E-state index in [4.69, 9.17) is 10.7 Å². The summed E-state index contributed by atoms with van der Waals surface area (Å²) in [4.78, 5) is 28.7. The average Bonchev–Trinajstić information content (AvgIpc) is 3.63. The Kier molecular flexibility index (Phi) is 5.12. The van der Waals surface area contributed by atoms with Gasteiger partial charge in [-0.1, -0.05) is 6.07 Å². The number of amides is 1. The van der Waals surface area contributed by atoms with Crippen LogP contribution in [0, 0.1) is 0 Å². The highest BCUT2D eigenvalue weighted by molar-refractivity contribution is 9.10. The van der Waals surface area contributed by atoms with Crippen molar-refractivity contribution in [3.8, 4) is 11.1 Å². The van der Waals surface area contributed by atoms with E-state index in [9.17, 15) is 9.90 Å². The van der Waals surface area contributed by atoms with Crippen molar-refractivity contribution < 1.29 is 9.90 Å². The second-order valence-electron chi connectivity index (χ2n) is 10.4. The zero-order valence-electron chi connectivity index (χ0n) is 20.0. The molecule has 0 spiro atoms. The number of fused-ring (bicyclic) bond motifs is 3. The minimum absolute atomic E-state index is 0.0916. The lowest BCUT2D eigenvalue weighted by Gasteiger charge is -2.38. The van der Waals surface area contributed by atoms with E-state index in [1.54, 1.807) is 16.9 Å². The number of hydrogen-bond acceptors (Lipinski definition) is 8. The standard InChI is InChI=1S/C25H26BrN9O2/c26-19-20(14-8-15-3-4-16(9-14)34(15)24(36)22-29-12-30-33-22)32-23-17(11-31-35(23)21(19)27)13-2-5-18(28-10-13)25(37)6-1-7-25/h2,5,10-12,14-16,37H,1,3-4,6-9,27H2,(H,29,30,33). The Morgan fingerprint density at radius 3 is 2.57 bits per heavy atom. The van der Waals surface area contributed by atoms with Crippen LogP contribution in [0.3, 0.4) is 0 Å². The highest BCUT2D eigenvalue weighted by atomic mass is 79.9. The van der Waals surface area contributed by atoms with Gasteiger partial charge >= 0.3 is 0 Å². The summed E-state index contributed by atoms with van der Waals surface area (Å²) in [5.74, 6) is 0.834. The molecule has 7 rings (SSSR count). The largest absolute Gasteiger partial charge is 0.384 e. The Morgan fingerprint density at radius 1 is 1.16 bits per heavy atom. The molecule has 1 saturated carbocycles. The van der Waals surface area contributed by atoms with Crippen LogP contribution in [-0.4, -0.2) is 62.8 Å². The predicted molar refractivity (Wildman–Crippen MR) is 137 cm³/mol. The van der Waals surface area contributed by atoms with Gasteiger partial charge in [-0.05, 0) is 66.9 Å². The second kappa shape index (κ2) is 8.32. The first-order valence-electron chi connectivity index (χ1n) is 12.6. The summed E-state index contributed by atoms with van der Waals surface area (Å²) < 4.78 is 2.39. The summed E-state index contributed by atoms with van der Waals surface area (Å²) in [7, 11) is 0. The number of rotatable bonds is 4. The molecule has 0 aromatic carbocycles. The first-order valence-corrected chi connectivity index (χ1v) is 13.4. The lowest BCUT2D eigenvalue weighted by Crippen LogP contribution is -2.46. The van der Waals surface area contributed by atoms with Gasteiger partial charge in [0.05, 0.1) is 22.1 Å². The summed E-state index contributed by atoms with van der Waals surface area (Å²) in [6.45, 7) is 0. The Hall–Kier alpha value is -3.38. The third kappa shape index (κ3) is 3.49. The molecule has 37 heavy (non-hydrogen) atoms. The third-order valence-corrected chi connectivity index (χ3v) is 9.16. The van der Waals surface area contributed by atoms with Gasteiger partial charge in [0.1, 0.15) is 17.7 Å². The van der Waals surface area contributed by atoms with Crippen molar-refractivity contribution in [1.29, 1.82) is 0 Å². The number of nitrogen functional groups attached to an aromatic ring is 1. The van der Waals surface area contributed by atoms with Gasteiger partial charge in [0.25, 0.3) is 5.91 Å². The van der Waals surface area contributed by atoms with Crippen LogP contribution < -0.4 is 5.73 Å². The number of hydrogen-bond donors (Lipinski definition) is 3. The number of pyridine rings is 1. The summed E-state index contributed by atoms with van der Waals surface area (Å²) in [5.41, 5.74) is 9.70. The minimum atomic E-state index is -0.802. The number of halogens is 1. The molecule has 3 aliphatic rings. The summed E-state index contributed by atoms with van der Waals surface area (Å²) >= 11 is 3.69. The fraction of sp³-hybridized carbons (Fsp3) is 0.440. The van der Waals surface area contributed by atoms with Crippen LogP contribution >= 0.6 is 15.9 Å². The van der Waals surface area contributed by atoms with E-state index in [1.807, 2.05) is 17.0 Å². The number of nitrogens with one attached hydrogen (secondary N) is 1. The van der Waals surface area contributed by atoms with Gasteiger partial charge < -0.3 is 15.7 Å². The molecule has 2 saturated heterocycles. The minimum Gasteiger partial charge on any atom is -0.384 e. The van der Waals surface area contributed by atoms with Crippen molar-refractivity contribution in [3.63, 3.8) is 0 Å². The van der Waals surface area contributed by atoms with Crippen LogP contribution in [0.2, 0.25) is 0 Å². The first kappa shape index (κ1) is 22.8. The van der Waals surface area contributed by atoms with E-state index in [1.165, 1.54) is 6.33 Å². The summed E-state index contributed by atoms with van der Waals surface area (Å²) in [5, 5.41) is 21.7. The lowest BCUT2D eigenvalue weighted by atomic mass is 9.77. The van der Waals surface area contributed by atoms with Crippen molar-refractivity contribution >= 4 is 33.3 Å².